The SMILES string of the molecule is CCOc1ccccc1NC(=O)C(C)Sc1ccc(NC(=O)c2c(OC)cccc2OC)cc1. The van der Waals surface area contributed by atoms with Gasteiger partial charge < -0.3 is 24.8 Å². The van der Waals surface area contributed by atoms with Crippen LogP contribution >= 0.6 is 11.8 Å². The molecule has 7 nitrogen and oxygen atoms in total. The van der Waals surface area contributed by atoms with Gasteiger partial charge in [0, 0.05) is 10.6 Å². The molecule has 0 aromatic heterocycles. The Morgan fingerprint density at radius 2 is 1.47 bits per heavy atom. The van der Waals surface area contributed by atoms with Crippen LogP contribution in [0.1, 0.15) is 24.2 Å². The molecule has 3 aromatic rings. The average Bonchev–Trinajstić information content (AvgIpc) is 2.85. The first-order valence-electron chi connectivity index (χ1n) is 10.8. The molecule has 0 bridgehead atoms. The third kappa shape index (κ3) is 6.23. The van der Waals surface area contributed by atoms with E-state index in [0.717, 1.165) is 4.90 Å². The number of anilines is 2. The van der Waals surface area contributed by atoms with Gasteiger partial charge >= 0.3 is 0 Å². The summed E-state index contributed by atoms with van der Waals surface area (Å²) in [5.74, 6) is 1.03. The number of rotatable bonds is 10. The maximum Gasteiger partial charge on any atom is 0.263 e. The van der Waals surface area contributed by atoms with Crippen molar-refractivity contribution >= 4 is 35.0 Å². The summed E-state index contributed by atoms with van der Waals surface area (Å²) in [5.41, 5.74) is 1.58. The summed E-state index contributed by atoms with van der Waals surface area (Å²) in [5, 5.41) is 5.45. The minimum Gasteiger partial charge on any atom is -0.496 e. The molecule has 2 N–H and O–H groups in total. The Labute approximate surface area is 203 Å². The number of thioether (sulfide) groups is 1. The summed E-state index contributed by atoms with van der Waals surface area (Å²) in [7, 11) is 3.01. The van der Waals surface area contributed by atoms with E-state index < -0.39 is 0 Å². The zero-order valence-corrected chi connectivity index (χ0v) is 20.4. The van der Waals surface area contributed by atoms with E-state index in [1.165, 1.54) is 26.0 Å². The van der Waals surface area contributed by atoms with E-state index >= 15 is 0 Å². The van der Waals surface area contributed by atoms with E-state index in [1.807, 2.05) is 50.2 Å². The molecule has 0 saturated carbocycles. The zero-order valence-electron chi connectivity index (χ0n) is 19.6. The van der Waals surface area contributed by atoms with E-state index in [-0.39, 0.29) is 17.1 Å². The lowest BCUT2D eigenvalue weighted by Gasteiger charge is -2.15. The van der Waals surface area contributed by atoms with Crippen LogP contribution in [0, 0.1) is 0 Å². The second-order valence-corrected chi connectivity index (χ2v) is 8.61. The highest BCUT2D eigenvalue weighted by atomic mass is 32.2. The number of methoxy groups -OCH3 is 2. The Kier molecular flexibility index (Phi) is 8.81. The van der Waals surface area contributed by atoms with Gasteiger partial charge in [-0.15, -0.1) is 11.8 Å². The van der Waals surface area contributed by atoms with E-state index in [4.69, 9.17) is 14.2 Å². The molecule has 1 unspecified atom stereocenters. The second-order valence-electron chi connectivity index (χ2n) is 7.19. The van der Waals surface area contributed by atoms with Crippen molar-refractivity contribution in [3.05, 3.63) is 72.3 Å². The number of para-hydroxylation sites is 2. The number of carbonyl (C=O) groups excluding carboxylic acids is 2. The molecule has 0 aliphatic carbocycles. The van der Waals surface area contributed by atoms with Crippen LogP contribution in [-0.2, 0) is 4.79 Å². The summed E-state index contributed by atoms with van der Waals surface area (Å²) >= 11 is 1.42. The van der Waals surface area contributed by atoms with Gasteiger partial charge in [0.2, 0.25) is 5.91 Å². The number of carbonyl (C=O) groups is 2. The van der Waals surface area contributed by atoms with Crippen molar-refractivity contribution in [3.8, 4) is 17.2 Å². The third-order valence-electron chi connectivity index (χ3n) is 4.89. The quantitative estimate of drug-likeness (QED) is 0.374. The molecule has 0 saturated heterocycles. The van der Waals surface area contributed by atoms with Gasteiger partial charge in [-0.05, 0) is 62.4 Å². The predicted octanol–water partition coefficient (Wildman–Crippen LogP) is 5.47. The predicted molar refractivity (Wildman–Crippen MR) is 136 cm³/mol. The van der Waals surface area contributed by atoms with E-state index in [1.54, 1.807) is 30.3 Å². The standard InChI is InChI=1S/C26H28N2O5S/c1-5-33-21-10-7-6-9-20(21)28-25(29)17(2)34-19-15-13-18(14-16-19)27-26(30)24-22(31-3)11-8-12-23(24)32-4/h6-17H,5H2,1-4H3,(H,27,30)(H,28,29). The summed E-state index contributed by atoms with van der Waals surface area (Å²) in [6.07, 6.45) is 0. The second kappa shape index (κ2) is 12.0. The molecule has 8 heteroatoms. The zero-order chi connectivity index (χ0) is 24.5. The molecule has 1 atom stereocenters. The Morgan fingerprint density at radius 3 is 2.09 bits per heavy atom. The first-order chi connectivity index (χ1) is 16.5. The topological polar surface area (TPSA) is 85.9 Å². The van der Waals surface area contributed by atoms with Gasteiger partial charge in [0.15, 0.2) is 0 Å². The van der Waals surface area contributed by atoms with Crippen molar-refractivity contribution < 1.29 is 23.8 Å². The molecule has 0 spiro atoms. The molecule has 3 aromatic carbocycles. The fourth-order valence-electron chi connectivity index (χ4n) is 3.23. The summed E-state index contributed by atoms with van der Waals surface area (Å²) < 4.78 is 16.2. The van der Waals surface area contributed by atoms with Crippen molar-refractivity contribution in [2.75, 3.05) is 31.5 Å². The van der Waals surface area contributed by atoms with Crippen molar-refractivity contribution in [1.82, 2.24) is 0 Å². The first kappa shape index (κ1) is 25.0. The van der Waals surface area contributed by atoms with Gasteiger partial charge in [-0.2, -0.15) is 0 Å². The first-order valence-corrected chi connectivity index (χ1v) is 11.7. The highest BCUT2D eigenvalue weighted by Crippen LogP contribution is 2.31. The fraction of sp³-hybridized carbons (Fsp3) is 0.231. The number of amides is 2. The lowest BCUT2D eigenvalue weighted by Crippen LogP contribution is -2.22. The fourth-order valence-corrected chi connectivity index (χ4v) is 4.10. The Hall–Kier alpha value is -3.65. The van der Waals surface area contributed by atoms with Crippen molar-refractivity contribution in [1.29, 1.82) is 0 Å². The number of ether oxygens (including phenoxy) is 3. The van der Waals surface area contributed by atoms with Gasteiger partial charge in [0.05, 0.1) is 31.8 Å². The van der Waals surface area contributed by atoms with E-state index in [9.17, 15) is 9.59 Å². The van der Waals surface area contributed by atoms with Crippen LogP contribution < -0.4 is 24.8 Å². The molecule has 0 fully saturated rings. The average molecular weight is 481 g/mol. The molecular weight excluding hydrogens is 452 g/mol. The normalized spacial score (nSPS) is 11.3. The van der Waals surface area contributed by atoms with Gasteiger partial charge in [0.25, 0.3) is 5.91 Å². The molecule has 0 heterocycles. The molecule has 0 aliphatic rings. The van der Waals surface area contributed by atoms with Crippen LogP contribution in [-0.4, -0.2) is 37.9 Å². The van der Waals surface area contributed by atoms with Crippen molar-refractivity contribution in [3.63, 3.8) is 0 Å². The summed E-state index contributed by atoms with van der Waals surface area (Å²) in [6.45, 7) is 4.26. The molecular formula is C26H28N2O5S. The summed E-state index contributed by atoms with van der Waals surface area (Å²) in [6, 6.07) is 19.8. The highest BCUT2D eigenvalue weighted by molar-refractivity contribution is 8.00. The van der Waals surface area contributed by atoms with Crippen LogP contribution in [0.25, 0.3) is 0 Å². The molecule has 178 valence electrons. The Morgan fingerprint density at radius 1 is 0.853 bits per heavy atom. The minimum atomic E-state index is -0.340. The largest absolute Gasteiger partial charge is 0.496 e. The van der Waals surface area contributed by atoms with Crippen molar-refractivity contribution in [2.24, 2.45) is 0 Å². The molecule has 0 radical (unpaired) electrons. The lowest BCUT2D eigenvalue weighted by atomic mass is 10.1. The molecule has 2 amide bonds. The van der Waals surface area contributed by atoms with Crippen LogP contribution in [0.4, 0.5) is 11.4 Å². The van der Waals surface area contributed by atoms with Crippen LogP contribution in [0.5, 0.6) is 17.2 Å². The van der Waals surface area contributed by atoms with E-state index in [0.29, 0.717) is 40.8 Å². The van der Waals surface area contributed by atoms with Crippen molar-refractivity contribution in [2.45, 2.75) is 24.0 Å². The molecule has 3 rings (SSSR count). The number of benzene rings is 3. The van der Waals surface area contributed by atoms with Gasteiger partial charge in [-0.25, -0.2) is 0 Å². The Balaban J connectivity index is 1.63. The number of hydrogen-bond acceptors (Lipinski definition) is 6. The van der Waals surface area contributed by atoms with Crippen LogP contribution in [0.3, 0.4) is 0 Å². The van der Waals surface area contributed by atoms with Crippen LogP contribution in [0.2, 0.25) is 0 Å². The molecule has 34 heavy (non-hydrogen) atoms. The summed E-state index contributed by atoms with van der Waals surface area (Å²) in [4.78, 5) is 26.4. The lowest BCUT2D eigenvalue weighted by molar-refractivity contribution is -0.115. The number of hydrogen-bond donors (Lipinski definition) is 2. The van der Waals surface area contributed by atoms with Crippen LogP contribution in [0.15, 0.2) is 71.6 Å². The van der Waals surface area contributed by atoms with E-state index in [2.05, 4.69) is 10.6 Å². The maximum absolute atomic E-state index is 12.8. The highest BCUT2D eigenvalue weighted by Gasteiger charge is 2.19. The minimum absolute atomic E-state index is 0.127. The number of nitrogens with one attached hydrogen (secondary N) is 2. The third-order valence-corrected chi connectivity index (χ3v) is 6.01. The molecule has 0 aliphatic heterocycles. The van der Waals surface area contributed by atoms with Gasteiger partial charge in [-0.3, -0.25) is 9.59 Å². The van der Waals surface area contributed by atoms with Gasteiger partial charge in [-0.1, -0.05) is 18.2 Å². The maximum atomic E-state index is 12.8. The Bertz CT molecular complexity index is 1110. The van der Waals surface area contributed by atoms with Gasteiger partial charge in [0.1, 0.15) is 22.8 Å². The smallest absolute Gasteiger partial charge is 0.263 e. The monoisotopic (exact) mass is 480 g/mol.